The molecule has 0 fully saturated rings. The summed E-state index contributed by atoms with van der Waals surface area (Å²) < 4.78 is 1.88. The first kappa shape index (κ1) is 11.6. The Hall–Kier alpha value is 0.496. The van der Waals surface area contributed by atoms with Crippen molar-refractivity contribution in [3.05, 3.63) is 20.9 Å². The summed E-state index contributed by atoms with van der Waals surface area (Å²) in [5, 5.41) is 1.77. The van der Waals surface area contributed by atoms with Crippen molar-refractivity contribution in [3.63, 3.8) is 0 Å². The van der Waals surface area contributed by atoms with Gasteiger partial charge in [-0.1, -0.05) is 0 Å². The third-order valence-electron chi connectivity index (χ3n) is 2.64. The fraction of sp³-hybridized carbons (Fsp3) is 0.636. The Morgan fingerprint density at radius 3 is 2.00 bits per heavy atom. The molecule has 1 aliphatic rings. The summed E-state index contributed by atoms with van der Waals surface area (Å²) in [6, 6.07) is 0. The van der Waals surface area contributed by atoms with Crippen LogP contribution in [-0.4, -0.2) is 26.5 Å². The van der Waals surface area contributed by atoms with E-state index in [0.29, 0.717) is 0 Å². The molecule has 0 nitrogen and oxygen atoms in total. The molecule has 2 heteroatoms. The molecule has 0 heterocycles. The molecule has 1 aliphatic carbocycles. The van der Waals surface area contributed by atoms with E-state index >= 15 is 0 Å². The van der Waals surface area contributed by atoms with Crippen LogP contribution in [0.2, 0.25) is 34.5 Å². The molecule has 0 atom stereocenters. The quantitative estimate of drug-likeness (QED) is 0.676. The van der Waals surface area contributed by atoms with E-state index in [2.05, 4.69) is 46.6 Å². The molecule has 0 amide bonds. The van der Waals surface area contributed by atoms with Crippen molar-refractivity contribution in [1.29, 1.82) is 0 Å². The maximum absolute atomic E-state index is 2.54. The van der Waals surface area contributed by atoms with E-state index in [0.717, 1.165) is 0 Å². The third kappa shape index (κ3) is 2.72. The van der Waals surface area contributed by atoms with Crippen molar-refractivity contribution < 1.29 is 0 Å². The summed E-state index contributed by atoms with van der Waals surface area (Å²) in [5.41, 5.74) is 0. The number of rotatable bonds is 2. The molecule has 0 aliphatic heterocycles. The molecule has 1 rings (SSSR count). The van der Waals surface area contributed by atoms with Crippen molar-refractivity contribution in [2.45, 2.75) is 40.9 Å². The van der Waals surface area contributed by atoms with Crippen LogP contribution in [0.1, 0.15) is 6.42 Å². The molecule has 13 heavy (non-hydrogen) atoms. The Bertz CT molecular complexity index is 261. The summed E-state index contributed by atoms with van der Waals surface area (Å²) in [7, 11) is -1.05. The molecule has 0 aromatic carbocycles. The molecule has 0 saturated heterocycles. The predicted octanol–water partition coefficient (Wildman–Crippen LogP) is 4.00. The van der Waals surface area contributed by atoms with Crippen LogP contribution in [0.4, 0.5) is 0 Å². The van der Waals surface area contributed by atoms with Gasteiger partial charge in [-0.2, -0.15) is 0 Å². The van der Waals surface area contributed by atoms with E-state index < -0.39 is 26.5 Å². The second kappa shape index (κ2) is 3.57. The van der Waals surface area contributed by atoms with Crippen LogP contribution >= 0.6 is 0 Å². The SMILES string of the molecule is C[Si](C)(C)C1=[C]([Sn]([CH3])([CH3])[CH3])CC=C1. The first-order chi connectivity index (χ1) is 5.73. The van der Waals surface area contributed by atoms with E-state index in [1.54, 1.807) is 5.20 Å². The summed E-state index contributed by atoms with van der Waals surface area (Å²) >= 11 is -1.76. The predicted molar refractivity (Wildman–Crippen MR) is 67.5 cm³/mol. The Morgan fingerprint density at radius 1 is 1.15 bits per heavy atom. The van der Waals surface area contributed by atoms with Crippen LogP contribution in [0.15, 0.2) is 20.9 Å². The van der Waals surface area contributed by atoms with Crippen molar-refractivity contribution in [2.75, 3.05) is 0 Å². The average Bonchev–Trinajstić information content (AvgIpc) is 2.27. The molecule has 74 valence electrons. The van der Waals surface area contributed by atoms with Gasteiger partial charge in [0.15, 0.2) is 0 Å². The van der Waals surface area contributed by atoms with Crippen molar-refractivity contribution in [2.24, 2.45) is 0 Å². The minimum atomic E-state index is -1.76. The first-order valence-corrected chi connectivity index (χ1v) is 18.6. The maximum atomic E-state index is 2.54. The van der Waals surface area contributed by atoms with Crippen LogP contribution in [0.5, 0.6) is 0 Å². The summed E-state index contributed by atoms with van der Waals surface area (Å²) in [4.78, 5) is 7.62. The van der Waals surface area contributed by atoms with Gasteiger partial charge in [-0.3, -0.25) is 0 Å². The third-order valence-corrected chi connectivity index (χ3v) is 12.0. The molecule has 0 radical (unpaired) electrons. The van der Waals surface area contributed by atoms with E-state index in [9.17, 15) is 0 Å². The van der Waals surface area contributed by atoms with Crippen molar-refractivity contribution >= 4 is 26.5 Å². The van der Waals surface area contributed by atoms with E-state index in [-0.39, 0.29) is 0 Å². The Labute approximate surface area is 88.0 Å². The van der Waals surface area contributed by atoms with Gasteiger partial charge in [0.05, 0.1) is 0 Å². The molecule has 0 unspecified atom stereocenters. The van der Waals surface area contributed by atoms with Gasteiger partial charge in [-0.15, -0.1) is 0 Å². The van der Waals surface area contributed by atoms with E-state index in [4.69, 9.17) is 0 Å². The zero-order chi connectivity index (χ0) is 10.3. The molecule has 0 aromatic rings. The summed E-state index contributed by atoms with van der Waals surface area (Å²) in [5.74, 6) is 0. The Balaban J connectivity index is 3.10. The number of allylic oxidation sites excluding steroid dienone is 4. The monoisotopic (exact) mass is 302 g/mol. The van der Waals surface area contributed by atoms with Crippen LogP contribution in [-0.2, 0) is 0 Å². The molecule has 0 aromatic heterocycles. The average molecular weight is 301 g/mol. The zero-order valence-electron chi connectivity index (χ0n) is 9.86. The van der Waals surface area contributed by atoms with Crippen LogP contribution in [0, 0.1) is 0 Å². The second-order valence-corrected chi connectivity index (χ2v) is 25.6. The molecule has 0 bridgehead atoms. The Morgan fingerprint density at radius 2 is 1.69 bits per heavy atom. The topological polar surface area (TPSA) is 0 Å². The first-order valence-electron chi connectivity index (χ1n) is 5.13. The molecular formula is C11H22SiSn. The molecule has 0 saturated carbocycles. The van der Waals surface area contributed by atoms with Gasteiger partial charge in [0, 0.05) is 0 Å². The van der Waals surface area contributed by atoms with E-state index in [1.165, 1.54) is 6.42 Å². The van der Waals surface area contributed by atoms with Crippen molar-refractivity contribution in [1.82, 2.24) is 0 Å². The van der Waals surface area contributed by atoms with Gasteiger partial charge >= 0.3 is 88.3 Å². The summed E-state index contributed by atoms with van der Waals surface area (Å²) in [6.45, 7) is 7.40. The van der Waals surface area contributed by atoms with Crippen molar-refractivity contribution in [3.8, 4) is 0 Å². The fourth-order valence-electron chi connectivity index (χ4n) is 1.92. The van der Waals surface area contributed by atoms with Crippen LogP contribution in [0.25, 0.3) is 0 Å². The van der Waals surface area contributed by atoms with Crippen LogP contribution < -0.4 is 0 Å². The fourth-order valence-corrected chi connectivity index (χ4v) is 13.9. The molecular weight excluding hydrogens is 279 g/mol. The normalized spacial score (nSPS) is 18.6. The Kier molecular flexibility index (Phi) is 3.18. The van der Waals surface area contributed by atoms with Gasteiger partial charge in [-0.25, -0.2) is 0 Å². The van der Waals surface area contributed by atoms with Crippen LogP contribution in [0.3, 0.4) is 0 Å². The summed E-state index contributed by atoms with van der Waals surface area (Å²) in [6.07, 6.45) is 6.08. The number of hydrogen-bond acceptors (Lipinski definition) is 0. The second-order valence-electron chi connectivity index (χ2n) is 6.00. The van der Waals surface area contributed by atoms with Gasteiger partial charge < -0.3 is 0 Å². The number of hydrogen-bond donors (Lipinski definition) is 0. The molecule has 0 N–H and O–H groups in total. The zero-order valence-corrected chi connectivity index (χ0v) is 13.7. The minimum absolute atomic E-state index is 1.05. The van der Waals surface area contributed by atoms with Gasteiger partial charge in [0.1, 0.15) is 0 Å². The van der Waals surface area contributed by atoms with Gasteiger partial charge in [0.25, 0.3) is 0 Å². The van der Waals surface area contributed by atoms with Gasteiger partial charge in [0.2, 0.25) is 0 Å². The standard InChI is InChI=1S/C8H13Si.3CH3.Sn/c1-9(2,3)8-6-4-5-7-8;;;;/h4,6H,5H2,1-3H3;3*1H3;. The van der Waals surface area contributed by atoms with E-state index in [1.807, 2.05) is 3.59 Å². The van der Waals surface area contributed by atoms with Gasteiger partial charge in [-0.05, 0) is 0 Å². The molecule has 0 spiro atoms.